The van der Waals surface area contributed by atoms with Crippen molar-refractivity contribution in [1.29, 1.82) is 0 Å². The molecule has 188 valence electrons. The van der Waals surface area contributed by atoms with Gasteiger partial charge in [-0.1, -0.05) is 23.7 Å². The number of pyridine rings is 1. The molecule has 34 heavy (non-hydrogen) atoms. The van der Waals surface area contributed by atoms with E-state index in [4.69, 9.17) is 11.6 Å². The molecule has 0 spiro atoms. The highest BCUT2D eigenvalue weighted by molar-refractivity contribution is 7.88. The van der Waals surface area contributed by atoms with Gasteiger partial charge in [0.2, 0.25) is 0 Å². The summed E-state index contributed by atoms with van der Waals surface area (Å²) in [7, 11) is -6.73. The minimum atomic E-state index is -6.73. The van der Waals surface area contributed by atoms with Crippen molar-refractivity contribution >= 4 is 33.9 Å². The Morgan fingerprint density at radius 3 is 2.12 bits per heavy atom. The summed E-state index contributed by atoms with van der Waals surface area (Å²) >= 11 is 5.48. The second-order valence-corrected chi connectivity index (χ2v) is 8.66. The van der Waals surface area contributed by atoms with E-state index in [0.717, 1.165) is 30.4 Å². The maximum absolute atomic E-state index is 13.7. The SMILES string of the molecule is Cc1cc(/C=C/c2ccc(Cl)c(C(F)(F)F)c2)n(OS(=O)(=O)C(F)(F)C(F)C(F)(F)F)c(=O)c1. The van der Waals surface area contributed by atoms with Gasteiger partial charge >= 0.3 is 27.7 Å². The maximum Gasteiger partial charge on any atom is 0.426 e. The van der Waals surface area contributed by atoms with Crippen molar-refractivity contribution in [3.8, 4) is 0 Å². The van der Waals surface area contributed by atoms with Crippen LogP contribution in [-0.2, 0) is 16.3 Å². The molecule has 1 atom stereocenters. The van der Waals surface area contributed by atoms with Gasteiger partial charge in [0.15, 0.2) is 0 Å². The molecule has 0 saturated heterocycles. The lowest BCUT2D eigenvalue weighted by molar-refractivity contribution is -0.223. The Balaban J connectivity index is 2.54. The molecule has 2 rings (SSSR count). The third kappa shape index (κ3) is 5.87. The molecule has 0 amide bonds. The molecular weight excluding hydrogens is 533 g/mol. The normalized spacial score (nSPS) is 14.4. The van der Waals surface area contributed by atoms with Crippen molar-refractivity contribution in [2.24, 2.45) is 0 Å². The van der Waals surface area contributed by atoms with Crippen molar-refractivity contribution in [3.63, 3.8) is 0 Å². The number of nitrogens with zero attached hydrogens (tertiary/aromatic N) is 1. The lowest BCUT2D eigenvalue weighted by Crippen LogP contribution is -2.51. The van der Waals surface area contributed by atoms with E-state index < -0.39 is 55.7 Å². The van der Waals surface area contributed by atoms with Crippen LogP contribution in [-0.4, -0.2) is 30.8 Å². The zero-order valence-corrected chi connectivity index (χ0v) is 18.0. The van der Waals surface area contributed by atoms with Gasteiger partial charge in [0.05, 0.1) is 16.3 Å². The number of alkyl halides is 9. The molecule has 0 N–H and O–H groups in total. The van der Waals surface area contributed by atoms with Crippen molar-refractivity contribution in [2.45, 2.75) is 30.7 Å². The monoisotopic (exact) mass is 543 g/mol. The molecule has 0 radical (unpaired) electrons. The minimum absolute atomic E-state index is 0.0828. The summed E-state index contributed by atoms with van der Waals surface area (Å²) in [5, 5.41) is -6.80. The smallest absolute Gasteiger partial charge is 0.279 e. The van der Waals surface area contributed by atoms with Crippen molar-refractivity contribution in [2.75, 3.05) is 0 Å². The summed E-state index contributed by atoms with van der Waals surface area (Å²) in [6, 6.07) is 4.09. The van der Waals surface area contributed by atoms with Gasteiger partial charge in [-0.05, 0) is 42.3 Å². The van der Waals surface area contributed by atoms with E-state index in [1.807, 2.05) is 0 Å². The molecule has 0 aliphatic carbocycles. The molecule has 5 nitrogen and oxygen atoms in total. The molecule has 1 aromatic heterocycles. The molecule has 0 aliphatic rings. The van der Waals surface area contributed by atoms with E-state index in [-0.39, 0.29) is 15.9 Å². The van der Waals surface area contributed by atoms with E-state index in [0.29, 0.717) is 12.1 Å². The lowest BCUT2D eigenvalue weighted by Gasteiger charge is -2.22. The zero-order valence-electron chi connectivity index (χ0n) is 16.4. The standard InChI is InChI=1S/C18H11ClF9NO4S/c1-9-6-11(4-2-10-3-5-13(19)12(8-10)16(21,22)23)29(14(30)7-9)33-34(31,32)18(27,28)15(20)17(24,25)26/h2-8,15H,1H3/b4-2+. The van der Waals surface area contributed by atoms with Gasteiger partial charge in [0, 0.05) is 6.07 Å². The van der Waals surface area contributed by atoms with E-state index in [2.05, 4.69) is 4.28 Å². The van der Waals surface area contributed by atoms with Crippen LogP contribution in [0.4, 0.5) is 39.5 Å². The van der Waals surface area contributed by atoms with E-state index in [1.54, 1.807) is 0 Å². The Morgan fingerprint density at radius 2 is 1.59 bits per heavy atom. The predicted octanol–water partition coefficient (Wildman–Crippen LogP) is 5.25. The van der Waals surface area contributed by atoms with E-state index in [9.17, 15) is 52.7 Å². The van der Waals surface area contributed by atoms with Crippen LogP contribution in [0.1, 0.15) is 22.4 Å². The fraction of sp³-hybridized carbons (Fsp3) is 0.278. The maximum atomic E-state index is 13.7. The molecule has 0 saturated carbocycles. The number of halogens is 10. The molecular formula is C18H11ClF9NO4S. The number of aryl methyl sites for hydroxylation is 1. The summed E-state index contributed by atoms with van der Waals surface area (Å²) in [4.78, 5) is 12.1. The summed E-state index contributed by atoms with van der Waals surface area (Å²) in [6.07, 6.45) is -14.7. The highest BCUT2D eigenvalue weighted by atomic mass is 35.5. The molecule has 1 unspecified atom stereocenters. The third-order valence-electron chi connectivity index (χ3n) is 3.99. The average molecular weight is 544 g/mol. The fourth-order valence-electron chi connectivity index (χ4n) is 2.42. The molecule has 16 heteroatoms. The summed E-state index contributed by atoms with van der Waals surface area (Å²) in [5.41, 5.74) is -3.52. The zero-order chi connectivity index (χ0) is 26.3. The van der Waals surface area contributed by atoms with Crippen LogP contribution in [0, 0.1) is 6.92 Å². The van der Waals surface area contributed by atoms with Crippen molar-refractivity contribution in [3.05, 3.63) is 68.1 Å². The molecule has 0 bridgehead atoms. The number of rotatable bonds is 6. The molecule has 1 aromatic carbocycles. The van der Waals surface area contributed by atoms with Crippen LogP contribution in [0.25, 0.3) is 12.2 Å². The predicted molar refractivity (Wildman–Crippen MR) is 102 cm³/mol. The van der Waals surface area contributed by atoms with Gasteiger partial charge in [-0.3, -0.25) is 9.08 Å². The van der Waals surface area contributed by atoms with Gasteiger partial charge < -0.3 is 0 Å². The van der Waals surface area contributed by atoms with Crippen LogP contribution in [0.5, 0.6) is 0 Å². The lowest BCUT2D eigenvalue weighted by atomic mass is 10.1. The molecule has 1 heterocycles. The van der Waals surface area contributed by atoms with Gasteiger partial charge in [0.1, 0.15) is 0 Å². The summed E-state index contributed by atoms with van der Waals surface area (Å²) < 4.78 is 143. The molecule has 0 fully saturated rings. The Labute approximate surface area is 190 Å². The Kier molecular flexibility index (Phi) is 7.43. The Hall–Kier alpha value is -2.68. The third-order valence-corrected chi connectivity index (χ3v) is 5.54. The second kappa shape index (κ2) is 9.17. The van der Waals surface area contributed by atoms with E-state index >= 15 is 0 Å². The second-order valence-electron chi connectivity index (χ2n) is 6.66. The van der Waals surface area contributed by atoms with Crippen molar-refractivity contribution in [1.82, 2.24) is 4.73 Å². The fourth-order valence-corrected chi connectivity index (χ4v) is 3.49. The first-order valence-corrected chi connectivity index (χ1v) is 10.4. The van der Waals surface area contributed by atoms with Crippen LogP contribution >= 0.6 is 11.6 Å². The number of hydrogen-bond donors (Lipinski definition) is 0. The van der Waals surface area contributed by atoms with Crippen molar-refractivity contribution < 1.29 is 52.2 Å². The van der Waals surface area contributed by atoms with E-state index in [1.165, 1.54) is 6.92 Å². The number of aromatic nitrogens is 1. The first kappa shape index (κ1) is 27.6. The van der Waals surface area contributed by atoms with Gasteiger partial charge in [-0.25, -0.2) is 4.39 Å². The Morgan fingerprint density at radius 1 is 1.00 bits per heavy atom. The number of hydrogen-bond acceptors (Lipinski definition) is 4. The van der Waals surface area contributed by atoms with Crippen LogP contribution in [0.15, 0.2) is 35.1 Å². The van der Waals surface area contributed by atoms with Gasteiger partial charge in [0.25, 0.3) is 11.7 Å². The molecule has 0 aliphatic heterocycles. The quantitative estimate of drug-likeness (QED) is 0.467. The largest absolute Gasteiger partial charge is 0.426 e. The van der Waals surface area contributed by atoms with Crippen LogP contribution in [0.3, 0.4) is 0 Å². The van der Waals surface area contributed by atoms with Crippen LogP contribution in [0.2, 0.25) is 5.02 Å². The van der Waals surface area contributed by atoms with Crippen LogP contribution < -0.4 is 9.84 Å². The average Bonchev–Trinajstić information content (AvgIpc) is 2.67. The first-order valence-electron chi connectivity index (χ1n) is 8.59. The van der Waals surface area contributed by atoms with Gasteiger partial charge in [-0.2, -0.15) is 43.5 Å². The molecule has 2 aromatic rings. The summed E-state index contributed by atoms with van der Waals surface area (Å²) in [6.45, 7) is 1.28. The minimum Gasteiger partial charge on any atom is -0.279 e. The summed E-state index contributed by atoms with van der Waals surface area (Å²) in [5.74, 6) is 0. The number of benzene rings is 1. The Bertz CT molecular complexity index is 1270. The highest BCUT2D eigenvalue weighted by Gasteiger charge is 2.66. The topological polar surface area (TPSA) is 65.4 Å². The van der Waals surface area contributed by atoms with Gasteiger partial charge in [-0.15, -0.1) is 4.73 Å². The highest BCUT2D eigenvalue weighted by Crippen LogP contribution is 2.38. The first-order chi connectivity index (χ1) is 15.3.